The number of hydrogen-bond donors (Lipinski definition) is 1. The predicted molar refractivity (Wildman–Crippen MR) is 129 cm³/mol. The number of nitrogens with zero attached hydrogens (tertiary/aromatic N) is 1. The standard InChI is InChI=1S/C28H30N2O3/c1-20-8-11-22-16-17-30(28(25(22)18-20)23-6-4-3-5-7-23)27(32)15-14-26(31)29-19-21-9-12-24(33-2)13-10-21/h3-13,18,28H,14-17,19H2,1-2H3,(H,29,31). The first-order valence-corrected chi connectivity index (χ1v) is 11.4. The lowest BCUT2D eigenvalue weighted by atomic mass is 9.87. The van der Waals surface area contributed by atoms with Crippen molar-refractivity contribution in [3.8, 4) is 5.75 Å². The zero-order chi connectivity index (χ0) is 23.2. The van der Waals surface area contributed by atoms with Crippen LogP contribution in [0.4, 0.5) is 0 Å². The summed E-state index contributed by atoms with van der Waals surface area (Å²) in [7, 11) is 1.62. The highest BCUT2D eigenvalue weighted by Gasteiger charge is 2.31. The maximum atomic E-state index is 13.3. The average Bonchev–Trinajstić information content (AvgIpc) is 2.86. The predicted octanol–water partition coefficient (Wildman–Crippen LogP) is 4.57. The summed E-state index contributed by atoms with van der Waals surface area (Å²) in [5.74, 6) is 0.668. The van der Waals surface area contributed by atoms with Crippen LogP contribution in [0, 0.1) is 6.92 Å². The van der Waals surface area contributed by atoms with Gasteiger partial charge >= 0.3 is 0 Å². The van der Waals surface area contributed by atoms with Gasteiger partial charge in [0.1, 0.15) is 5.75 Å². The van der Waals surface area contributed by atoms with Gasteiger partial charge in [0.05, 0.1) is 13.2 Å². The van der Waals surface area contributed by atoms with E-state index in [1.54, 1.807) is 7.11 Å². The first-order valence-electron chi connectivity index (χ1n) is 11.4. The van der Waals surface area contributed by atoms with E-state index in [0.29, 0.717) is 13.1 Å². The Bertz CT molecular complexity index is 1110. The Kier molecular flexibility index (Phi) is 7.08. The molecule has 33 heavy (non-hydrogen) atoms. The van der Waals surface area contributed by atoms with Crippen LogP contribution in [-0.2, 0) is 22.6 Å². The summed E-state index contributed by atoms with van der Waals surface area (Å²) in [6, 6.07) is 24.1. The Hall–Kier alpha value is -3.60. The highest BCUT2D eigenvalue weighted by molar-refractivity contribution is 5.84. The molecule has 1 aliphatic heterocycles. The smallest absolute Gasteiger partial charge is 0.223 e. The van der Waals surface area contributed by atoms with Gasteiger partial charge in [-0.15, -0.1) is 0 Å². The van der Waals surface area contributed by atoms with Gasteiger partial charge in [0.15, 0.2) is 0 Å². The Morgan fingerprint density at radius 3 is 2.48 bits per heavy atom. The summed E-state index contributed by atoms with van der Waals surface area (Å²) >= 11 is 0. The molecule has 0 radical (unpaired) electrons. The van der Waals surface area contributed by atoms with Crippen LogP contribution in [0.25, 0.3) is 0 Å². The summed E-state index contributed by atoms with van der Waals surface area (Å²) in [6.07, 6.45) is 1.20. The van der Waals surface area contributed by atoms with Crippen LogP contribution in [0.2, 0.25) is 0 Å². The van der Waals surface area contributed by atoms with Gasteiger partial charge in [-0.3, -0.25) is 9.59 Å². The van der Waals surface area contributed by atoms with Crippen LogP contribution in [0.3, 0.4) is 0 Å². The summed E-state index contributed by atoms with van der Waals surface area (Å²) in [5.41, 5.74) is 5.74. The van der Waals surface area contributed by atoms with Crippen molar-refractivity contribution < 1.29 is 14.3 Å². The molecule has 0 aliphatic carbocycles. The fourth-order valence-electron chi connectivity index (χ4n) is 4.39. The monoisotopic (exact) mass is 442 g/mol. The zero-order valence-corrected chi connectivity index (χ0v) is 19.2. The quantitative estimate of drug-likeness (QED) is 0.583. The molecule has 0 bridgehead atoms. The number of benzene rings is 3. The number of aryl methyl sites for hydroxylation is 1. The van der Waals surface area contributed by atoms with Crippen LogP contribution >= 0.6 is 0 Å². The lowest BCUT2D eigenvalue weighted by molar-refractivity contribution is -0.135. The third-order valence-electron chi connectivity index (χ3n) is 6.18. The second kappa shape index (κ2) is 10.3. The molecule has 2 amide bonds. The minimum atomic E-state index is -0.122. The summed E-state index contributed by atoms with van der Waals surface area (Å²) in [5, 5.41) is 2.91. The molecule has 0 aromatic heterocycles. The van der Waals surface area contributed by atoms with Crippen molar-refractivity contribution in [1.29, 1.82) is 0 Å². The summed E-state index contributed by atoms with van der Waals surface area (Å²) in [6.45, 7) is 3.16. The van der Waals surface area contributed by atoms with E-state index in [9.17, 15) is 9.59 Å². The molecule has 5 heteroatoms. The molecular weight excluding hydrogens is 412 g/mol. The molecule has 1 heterocycles. The minimum absolute atomic E-state index is 0.00982. The Balaban J connectivity index is 1.41. The average molecular weight is 443 g/mol. The highest BCUT2D eigenvalue weighted by Crippen LogP contribution is 2.36. The number of rotatable bonds is 7. The van der Waals surface area contributed by atoms with Gasteiger partial charge < -0.3 is 15.0 Å². The van der Waals surface area contributed by atoms with E-state index in [1.165, 1.54) is 16.7 Å². The van der Waals surface area contributed by atoms with E-state index < -0.39 is 0 Å². The molecule has 170 valence electrons. The Morgan fingerprint density at radius 1 is 1.00 bits per heavy atom. The fraction of sp³-hybridized carbons (Fsp3) is 0.286. The van der Waals surface area contributed by atoms with Crippen molar-refractivity contribution in [3.63, 3.8) is 0 Å². The molecule has 5 nitrogen and oxygen atoms in total. The molecule has 3 aromatic carbocycles. The third-order valence-corrected chi connectivity index (χ3v) is 6.18. The van der Waals surface area contributed by atoms with Crippen LogP contribution in [0.5, 0.6) is 5.75 Å². The molecule has 3 aromatic rings. The van der Waals surface area contributed by atoms with Gasteiger partial charge in [-0.2, -0.15) is 0 Å². The maximum Gasteiger partial charge on any atom is 0.223 e. The lowest BCUT2D eigenvalue weighted by Crippen LogP contribution is -2.41. The van der Waals surface area contributed by atoms with Gasteiger partial charge in [-0.05, 0) is 47.7 Å². The van der Waals surface area contributed by atoms with E-state index in [-0.39, 0.29) is 30.7 Å². The first-order chi connectivity index (χ1) is 16.0. The van der Waals surface area contributed by atoms with E-state index in [1.807, 2.05) is 47.4 Å². The van der Waals surface area contributed by atoms with Crippen molar-refractivity contribution >= 4 is 11.8 Å². The van der Waals surface area contributed by atoms with Gasteiger partial charge in [0, 0.05) is 25.9 Å². The van der Waals surface area contributed by atoms with Crippen molar-refractivity contribution in [2.24, 2.45) is 0 Å². The van der Waals surface area contributed by atoms with Gasteiger partial charge in [0.25, 0.3) is 0 Å². The summed E-state index contributed by atoms with van der Waals surface area (Å²) < 4.78 is 5.16. The van der Waals surface area contributed by atoms with Crippen LogP contribution in [0.15, 0.2) is 72.8 Å². The van der Waals surface area contributed by atoms with Crippen LogP contribution in [-0.4, -0.2) is 30.4 Å². The largest absolute Gasteiger partial charge is 0.497 e. The number of hydrogen-bond acceptors (Lipinski definition) is 3. The molecule has 0 saturated heterocycles. The second-order valence-electron chi connectivity index (χ2n) is 8.48. The third kappa shape index (κ3) is 5.43. The highest BCUT2D eigenvalue weighted by atomic mass is 16.5. The number of fused-ring (bicyclic) bond motifs is 1. The molecule has 0 fully saturated rings. The van der Waals surface area contributed by atoms with Gasteiger partial charge in [-0.1, -0.05) is 66.2 Å². The Labute approximate surface area is 195 Å². The molecule has 4 rings (SSSR count). The topological polar surface area (TPSA) is 58.6 Å². The Morgan fingerprint density at radius 2 is 1.76 bits per heavy atom. The van der Waals surface area contributed by atoms with Gasteiger partial charge in [-0.25, -0.2) is 0 Å². The second-order valence-corrected chi connectivity index (χ2v) is 8.48. The summed E-state index contributed by atoms with van der Waals surface area (Å²) in [4.78, 5) is 27.6. The number of carbonyl (C=O) groups is 2. The molecule has 1 aliphatic rings. The maximum absolute atomic E-state index is 13.3. The normalized spacial score (nSPS) is 15.0. The number of carbonyl (C=O) groups excluding carboxylic acids is 2. The van der Waals surface area contributed by atoms with Crippen molar-refractivity contribution in [2.45, 2.75) is 38.8 Å². The van der Waals surface area contributed by atoms with E-state index in [2.05, 4.69) is 42.6 Å². The SMILES string of the molecule is COc1ccc(CNC(=O)CCC(=O)N2CCc3ccc(C)cc3C2c2ccccc2)cc1. The molecule has 0 spiro atoms. The number of nitrogens with one attached hydrogen (secondary N) is 1. The van der Waals surface area contributed by atoms with Crippen molar-refractivity contribution in [2.75, 3.05) is 13.7 Å². The first kappa shape index (κ1) is 22.6. The number of amides is 2. The van der Waals surface area contributed by atoms with E-state index >= 15 is 0 Å². The number of methoxy groups -OCH3 is 1. The van der Waals surface area contributed by atoms with Crippen LogP contribution < -0.4 is 10.1 Å². The van der Waals surface area contributed by atoms with Gasteiger partial charge in [0.2, 0.25) is 11.8 Å². The number of ether oxygens (including phenoxy) is 1. The van der Waals surface area contributed by atoms with Crippen molar-refractivity contribution in [1.82, 2.24) is 10.2 Å². The zero-order valence-electron chi connectivity index (χ0n) is 19.2. The van der Waals surface area contributed by atoms with Crippen molar-refractivity contribution in [3.05, 3.63) is 101 Å². The molecule has 1 N–H and O–H groups in total. The fourth-order valence-corrected chi connectivity index (χ4v) is 4.39. The molecular formula is C28H30N2O3. The molecule has 1 unspecified atom stereocenters. The minimum Gasteiger partial charge on any atom is -0.497 e. The molecule has 1 atom stereocenters. The van der Waals surface area contributed by atoms with Crippen LogP contribution in [0.1, 0.15) is 46.7 Å². The molecule has 0 saturated carbocycles. The lowest BCUT2D eigenvalue weighted by Gasteiger charge is -2.38. The van der Waals surface area contributed by atoms with E-state index in [4.69, 9.17) is 4.74 Å². The van der Waals surface area contributed by atoms with E-state index in [0.717, 1.165) is 23.3 Å².